The van der Waals surface area contributed by atoms with Gasteiger partial charge in [-0.1, -0.05) is 6.07 Å². The number of hydrogen-bond acceptors (Lipinski definition) is 4. The molecule has 5 heteroatoms. The number of ether oxygens (including phenoxy) is 1. The van der Waals surface area contributed by atoms with Crippen molar-refractivity contribution in [3.05, 3.63) is 46.8 Å². The van der Waals surface area contributed by atoms with E-state index in [0.29, 0.717) is 12.5 Å². The number of aryl methyl sites for hydroxylation is 1. The van der Waals surface area contributed by atoms with Crippen molar-refractivity contribution < 1.29 is 9.84 Å². The number of likely N-dealkylation sites (tertiary alicyclic amines) is 1. The summed E-state index contributed by atoms with van der Waals surface area (Å²) in [5.74, 6) is 1.32. The van der Waals surface area contributed by atoms with Gasteiger partial charge >= 0.3 is 0 Å². The fourth-order valence-corrected chi connectivity index (χ4v) is 3.39. The molecule has 1 aliphatic heterocycles. The Bertz CT molecular complexity index is 653. The maximum absolute atomic E-state index is 9.52. The van der Waals surface area contributed by atoms with E-state index in [-0.39, 0.29) is 6.61 Å². The first-order chi connectivity index (χ1) is 11.2. The fraction of sp³-hybridized carbons (Fsp3) is 0.500. The molecule has 0 amide bonds. The van der Waals surface area contributed by atoms with E-state index in [1.807, 2.05) is 19.2 Å². The van der Waals surface area contributed by atoms with Gasteiger partial charge in [-0.05, 0) is 50.1 Å². The van der Waals surface area contributed by atoms with Crippen LogP contribution < -0.4 is 4.74 Å². The molecule has 1 aromatic carbocycles. The number of nitrogens with zero attached hydrogens (tertiary/aromatic N) is 2. The first kappa shape index (κ1) is 16.0. The molecule has 3 rings (SSSR count). The molecule has 0 radical (unpaired) electrons. The second-order valence-corrected chi connectivity index (χ2v) is 6.22. The molecule has 2 N–H and O–H groups in total. The van der Waals surface area contributed by atoms with E-state index in [1.165, 1.54) is 16.8 Å². The van der Waals surface area contributed by atoms with Crippen molar-refractivity contribution in [2.45, 2.75) is 39.3 Å². The van der Waals surface area contributed by atoms with E-state index in [4.69, 9.17) is 4.74 Å². The zero-order valence-electron chi connectivity index (χ0n) is 13.9. The third-order valence-electron chi connectivity index (χ3n) is 4.55. The van der Waals surface area contributed by atoms with Gasteiger partial charge in [0.25, 0.3) is 0 Å². The van der Waals surface area contributed by atoms with Gasteiger partial charge in [0.05, 0.1) is 19.4 Å². The highest BCUT2D eigenvalue weighted by atomic mass is 16.5. The highest BCUT2D eigenvalue weighted by Gasteiger charge is 2.26. The zero-order valence-corrected chi connectivity index (χ0v) is 13.9. The number of aliphatic hydroxyl groups is 1. The van der Waals surface area contributed by atoms with Crippen molar-refractivity contribution in [2.75, 3.05) is 19.7 Å². The number of H-pyrrole nitrogens is 1. The van der Waals surface area contributed by atoms with E-state index in [0.717, 1.165) is 37.4 Å². The molecule has 1 saturated heterocycles. The number of aromatic amines is 1. The summed E-state index contributed by atoms with van der Waals surface area (Å²) in [6.07, 6.45) is 3.06. The first-order valence-corrected chi connectivity index (χ1v) is 8.29. The lowest BCUT2D eigenvalue weighted by Crippen LogP contribution is -2.20. The number of rotatable bonds is 6. The van der Waals surface area contributed by atoms with Crippen LogP contribution >= 0.6 is 0 Å². The predicted octanol–water partition coefficient (Wildman–Crippen LogP) is 2.60. The molecule has 0 saturated carbocycles. The second kappa shape index (κ2) is 7.15. The van der Waals surface area contributed by atoms with Gasteiger partial charge in [-0.25, -0.2) is 0 Å². The van der Waals surface area contributed by atoms with E-state index >= 15 is 0 Å². The van der Waals surface area contributed by atoms with Gasteiger partial charge in [0.1, 0.15) is 5.75 Å². The minimum atomic E-state index is 0.0130. The molecule has 1 aliphatic rings. The molecule has 0 spiro atoms. The summed E-state index contributed by atoms with van der Waals surface area (Å²) in [4.78, 5) is 2.46. The summed E-state index contributed by atoms with van der Waals surface area (Å²) in [5.41, 5.74) is 4.61. The fourth-order valence-electron chi connectivity index (χ4n) is 3.39. The van der Waals surface area contributed by atoms with Gasteiger partial charge in [0.15, 0.2) is 0 Å². The largest absolute Gasteiger partial charge is 0.494 e. The number of benzene rings is 1. The van der Waals surface area contributed by atoms with Gasteiger partial charge < -0.3 is 9.84 Å². The van der Waals surface area contributed by atoms with Crippen molar-refractivity contribution in [3.63, 3.8) is 0 Å². The van der Waals surface area contributed by atoms with Crippen LogP contribution in [0.2, 0.25) is 0 Å². The third-order valence-corrected chi connectivity index (χ3v) is 4.55. The summed E-state index contributed by atoms with van der Waals surface area (Å²) >= 11 is 0. The van der Waals surface area contributed by atoms with Gasteiger partial charge in [-0.15, -0.1) is 0 Å². The van der Waals surface area contributed by atoms with Crippen LogP contribution in [0.4, 0.5) is 0 Å². The molecule has 124 valence electrons. The minimum absolute atomic E-state index is 0.0130. The summed E-state index contributed by atoms with van der Waals surface area (Å²) < 4.78 is 5.55. The molecule has 5 nitrogen and oxygen atoms in total. The third kappa shape index (κ3) is 3.57. The van der Waals surface area contributed by atoms with Crippen LogP contribution in [0.3, 0.4) is 0 Å². The molecule has 2 heterocycles. The maximum Gasteiger partial charge on any atom is 0.124 e. The van der Waals surface area contributed by atoms with Crippen LogP contribution in [0.1, 0.15) is 41.6 Å². The predicted molar refractivity (Wildman–Crippen MR) is 89.5 cm³/mol. The Morgan fingerprint density at radius 3 is 3.00 bits per heavy atom. The molecule has 0 aliphatic carbocycles. The van der Waals surface area contributed by atoms with E-state index in [1.54, 1.807) is 0 Å². The Labute approximate surface area is 137 Å². The molecule has 0 unspecified atom stereocenters. The van der Waals surface area contributed by atoms with Crippen molar-refractivity contribution in [3.8, 4) is 5.75 Å². The monoisotopic (exact) mass is 315 g/mol. The van der Waals surface area contributed by atoms with Crippen molar-refractivity contribution in [2.24, 2.45) is 0 Å². The first-order valence-electron chi connectivity index (χ1n) is 8.29. The second-order valence-electron chi connectivity index (χ2n) is 6.22. The normalized spacial score (nSPS) is 18.5. The van der Waals surface area contributed by atoms with Crippen LogP contribution in [0.25, 0.3) is 0 Å². The lowest BCUT2D eigenvalue weighted by Gasteiger charge is -2.17. The highest BCUT2D eigenvalue weighted by Crippen LogP contribution is 2.29. The molecular formula is C18H25N3O2. The van der Waals surface area contributed by atoms with Crippen LogP contribution in [0.15, 0.2) is 24.4 Å². The average Bonchev–Trinajstić information content (AvgIpc) is 3.17. The Kier molecular flexibility index (Phi) is 4.98. The van der Waals surface area contributed by atoms with E-state index < -0.39 is 0 Å². The maximum atomic E-state index is 9.52. The number of hydrogen-bond donors (Lipinski definition) is 2. The summed E-state index contributed by atoms with van der Waals surface area (Å²) in [6, 6.07) is 6.12. The number of nitrogens with one attached hydrogen (secondary N) is 1. The van der Waals surface area contributed by atoms with Crippen molar-refractivity contribution in [1.82, 2.24) is 15.1 Å². The molecule has 2 aromatic rings. The van der Waals surface area contributed by atoms with Crippen LogP contribution in [0.5, 0.6) is 5.75 Å². The number of aromatic nitrogens is 2. The summed E-state index contributed by atoms with van der Waals surface area (Å²) in [6.45, 7) is 7.74. The van der Waals surface area contributed by atoms with Gasteiger partial charge in [0.2, 0.25) is 0 Å². The molecular weight excluding hydrogens is 290 g/mol. The molecule has 1 atom stereocenters. The van der Waals surface area contributed by atoms with E-state index in [2.05, 4.69) is 34.2 Å². The highest BCUT2D eigenvalue weighted by molar-refractivity contribution is 5.37. The molecule has 0 bridgehead atoms. The smallest absolute Gasteiger partial charge is 0.124 e. The van der Waals surface area contributed by atoms with Crippen LogP contribution in [-0.2, 0) is 13.2 Å². The summed E-state index contributed by atoms with van der Waals surface area (Å²) in [5, 5.41) is 16.8. The lowest BCUT2D eigenvalue weighted by molar-refractivity contribution is 0.266. The van der Waals surface area contributed by atoms with Crippen LogP contribution in [-0.4, -0.2) is 39.9 Å². The molecule has 23 heavy (non-hydrogen) atoms. The quantitative estimate of drug-likeness (QED) is 0.860. The number of aliphatic hydroxyl groups excluding tert-OH is 1. The SMILES string of the molecule is CCOc1ccc(CN2CC[C@@H](c3[nH]ncc3C)C2)cc1CO. The lowest BCUT2D eigenvalue weighted by atomic mass is 10.0. The Hall–Kier alpha value is -1.85. The Balaban J connectivity index is 1.65. The molecule has 1 aromatic heterocycles. The van der Waals surface area contributed by atoms with Gasteiger partial charge in [-0.2, -0.15) is 5.10 Å². The topological polar surface area (TPSA) is 61.4 Å². The zero-order chi connectivity index (χ0) is 16.2. The minimum Gasteiger partial charge on any atom is -0.494 e. The van der Waals surface area contributed by atoms with Gasteiger partial charge in [0, 0.05) is 30.3 Å². The average molecular weight is 315 g/mol. The van der Waals surface area contributed by atoms with Crippen LogP contribution in [0, 0.1) is 6.92 Å². The molecule has 1 fully saturated rings. The summed E-state index contributed by atoms with van der Waals surface area (Å²) in [7, 11) is 0. The Morgan fingerprint density at radius 2 is 2.30 bits per heavy atom. The van der Waals surface area contributed by atoms with Crippen molar-refractivity contribution >= 4 is 0 Å². The standard InChI is InChI=1S/C18H25N3O2/c1-3-23-17-5-4-14(8-16(17)12-22)10-21-7-6-15(11-21)18-13(2)9-19-20-18/h4-5,8-9,15,22H,3,6-7,10-12H2,1-2H3,(H,19,20)/t15-/m1/s1. The van der Waals surface area contributed by atoms with E-state index in [9.17, 15) is 5.11 Å². The van der Waals surface area contributed by atoms with Crippen molar-refractivity contribution in [1.29, 1.82) is 0 Å². The van der Waals surface area contributed by atoms with Gasteiger partial charge in [-0.3, -0.25) is 10.00 Å². The Morgan fingerprint density at radius 1 is 1.43 bits per heavy atom.